The summed E-state index contributed by atoms with van der Waals surface area (Å²) in [5.41, 5.74) is 3.12. The van der Waals surface area contributed by atoms with Gasteiger partial charge in [-0.1, -0.05) is 38.1 Å². The van der Waals surface area contributed by atoms with Gasteiger partial charge in [0.05, 0.1) is 0 Å². The van der Waals surface area contributed by atoms with Gasteiger partial charge in [-0.2, -0.15) is 0 Å². The van der Waals surface area contributed by atoms with Crippen LogP contribution in [0.3, 0.4) is 0 Å². The summed E-state index contributed by atoms with van der Waals surface area (Å²) in [4.78, 5) is 0. The topological polar surface area (TPSA) is 12.0 Å². The monoisotopic (exact) mass is 205 g/mol. The van der Waals surface area contributed by atoms with E-state index in [0.29, 0.717) is 0 Å². The van der Waals surface area contributed by atoms with Crippen LogP contribution in [0.1, 0.15) is 45.2 Å². The third-order valence-corrected chi connectivity index (χ3v) is 3.14. The normalized spacial score (nSPS) is 11.7. The predicted octanol–water partition coefficient (Wildman–Crippen LogP) is 3.53. The Kier molecular flexibility index (Phi) is 4.34. The van der Waals surface area contributed by atoms with Crippen LogP contribution >= 0.6 is 0 Å². The Balaban J connectivity index is 2.65. The molecule has 0 aliphatic rings. The molecule has 0 aliphatic heterocycles. The van der Waals surface area contributed by atoms with Crippen molar-refractivity contribution in [3.8, 4) is 0 Å². The predicted molar refractivity (Wildman–Crippen MR) is 67.0 cm³/mol. The molecular formula is C14H23N. The summed E-state index contributed by atoms with van der Waals surface area (Å²) in [5.74, 6) is 0. The van der Waals surface area contributed by atoms with Crippen LogP contribution in [0.2, 0.25) is 0 Å². The number of rotatable bonds is 5. The van der Waals surface area contributed by atoms with E-state index in [1.165, 1.54) is 11.1 Å². The van der Waals surface area contributed by atoms with E-state index in [4.69, 9.17) is 0 Å². The van der Waals surface area contributed by atoms with Gasteiger partial charge in [-0.25, -0.2) is 0 Å². The fourth-order valence-corrected chi connectivity index (χ4v) is 1.53. The third kappa shape index (κ3) is 3.67. The number of aryl methyl sites for hydroxylation is 1. The fourth-order valence-electron chi connectivity index (χ4n) is 1.53. The van der Waals surface area contributed by atoms with E-state index in [1.54, 1.807) is 0 Å². The molecule has 0 fully saturated rings. The van der Waals surface area contributed by atoms with Crippen molar-refractivity contribution in [3.63, 3.8) is 0 Å². The molecular weight excluding hydrogens is 182 g/mol. The average Bonchev–Trinajstić information content (AvgIpc) is 2.27. The first-order chi connectivity index (χ1) is 7.09. The van der Waals surface area contributed by atoms with E-state index < -0.39 is 0 Å². The van der Waals surface area contributed by atoms with Gasteiger partial charge in [-0.15, -0.1) is 0 Å². The molecule has 0 saturated carbocycles. The molecule has 0 atom stereocenters. The molecule has 0 bridgehead atoms. The highest BCUT2D eigenvalue weighted by molar-refractivity contribution is 5.26. The van der Waals surface area contributed by atoms with E-state index >= 15 is 0 Å². The molecule has 0 saturated heterocycles. The van der Waals surface area contributed by atoms with Crippen molar-refractivity contribution in [2.24, 2.45) is 0 Å². The minimum atomic E-state index is 0.237. The Morgan fingerprint density at radius 1 is 1.07 bits per heavy atom. The van der Waals surface area contributed by atoms with E-state index in [1.807, 2.05) is 0 Å². The van der Waals surface area contributed by atoms with Crippen LogP contribution in [0.15, 0.2) is 24.3 Å². The second-order valence-electron chi connectivity index (χ2n) is 4.71. The van der Waals surface area contributed by atoms with Crippen LogP contribution in [0, 0.1) is 0 Å². The number of hydrogen-bond donors (Lipinski definition) is 1. The maximum Gasteiger partial charge on any atom is 0.0213 e. The number of benzene rings is 1. The van der Waals surface area contributed by atoms with E-state index in [0.717, 1.165) is 19.4 Å². The molecule has 84 valence electrons. The Hall–Kier alpha value is -0.820. The highest BCUT2D eigenvalue weighted by Gasteiger charge is 2.13. The first kappa shape index (κ1) is 12.3. The maximum atomic E-state index is 3.60. The summed E-state index contributed by atoms with van der Waals surface area (Å²) >= 11 is 0. The van der Waals surface area contributed by atoms with Crippen LogP contribution in [0.4, 0.5) is 0 Å². The van der Waals surface area contributed by atoms with Gasteiger partial charge in [-0.05, 0) is 37.8 Å². The summed E-state index contributed by atoms with van der Waals surface area (Å²) < 4.78 is 0. The summed E-state index contributed by atoms with van der Waals surface area (Å²) in [6, 6.07) is 8.68. The quantitative estimate of drug-likeness (QED) is 0.775. The Labute approximate surface area is 93.9 Å². The molecule has 0 spiro atoms. The number of nitrogens with one attached hydrogen (secondary N) is 1. The van der Waals surface area contributed by atoms with Gasteiger partial charge in [0.25, 0.3) is 0 Å². The van der Waals surface area contributed by atoms with Crippen molar-refractivity contribution in [2.75, 3.05) is 0 Å². The molecule has 0 heterocycles. The molecule has 1 N–H and O–H groups in total. The van der Waals surface area contributed by atoms with E-state index in [-0.39, 0.29) is 5.54 Å². The fraction of sp³-hybridized carbons (Fsp3) is 0.571. The van der Waals surface area contributed by atoms with Gasteiger partial charge in [0.1, 0.15) is 0 Å². The second kappa shape index (κ2) is 5.32. The van der Waals surface area contributed by atoms with Crippen molar-refractivity contribution >= 4 is 0 Å². The van der Waals surface area contributed by atoms with Crippen LogP contribution in [-0.2, 0) is 13.0 Å². The lowest BCUT2D eigenvalue weighted by molar-refractivity contribution is 0.374. The maximum absolute atomic E-state index is 3.60. The summed E-state index contributed by atoms with van der Waals surface area (Å²) in [7, 11) is 0. The first-order valence-corrected chi connectivity index (χ1v) is 5.91. The highest BCUT2D eigenvalue weighted by atomic mass is 14.9. The minimum Gasteiger partial charge on any atom is -0.308 e. The lowest BCUT2D eigenvalue weighted by Gasteiger charge is -2.25. The molecule has 1 aromatic rings. The Bertz CT molecular complexity index is 302. The van der Waals surface area contributed by atoms with Gasteiger partial charge < -0.3 is 5.32 Å². The third-order valence-electron chi connectivity index (χ3n) is 3.14. The molecule has 0 aliphatic carbocycles. The number of hydrogen-bond acceptors (Lipinski definition) is 1. The SMILES string of the molecule is CCc1ccccc1CNC(C)(C)CC. The van der Waals surface area contributed by atoms with Crippen molar-refractivity contribution in [2.45, 2.75) is 52.6 Å². The molecule has 1 heteroatoms. The second-order valence-corrected chi connectivity index (χ2v) is 4.71. The van der Waals surface area contributed by atoms with Gasteiger partial charge in [0, 0.05) is 12.1 Å². The molecule has 0 aromatic heterocycles. The molecule has 1 nitrogen and oxygen atoms in total. The average molecular weight is 205 g/mol. The minimum absolute atomic E-state index is 0.237. The van der Waals surface area contributed by atoms with Gasteiger partial charge in [0.2, 0.25) is 0 Å². The van der Waals surface area contributed by atoms with Crippen molar-refractivity contribution in [1.29, 1.82) is 0 Å². The van der Waals surface area contributed by atoms with Crippen molar-refractivity contribution in [3.05, 3.63) is 35.4 Å². The summed E-state index contributed by atoms with van der Waals surface area (Å²) in [6.45, 7) is 9.91. The molecule has 0 amide bonds. The zero-order valence-corrected chi connectivity index (χ0v) is 10.4. The first-order valence-electron chi connectivity index (χ1n) is 5.91. The van der Waals surface area contributed by atoms with Crippen molar-refractivity contribution < 1.29 is 0 Å². The van der Waals surface area contributed by atoms with Crippen LogP contribution in [0.5, 0.6) is 0 Å². The lowest BCUT2D eigenvalue weighted by atomic mass is 10.00. The van der Waals surface area contributed by atoms with Crippen LogP contribution in [-0.4, -0.2) is 5.54 Å². The van der Waals surface area contributed by atoms with E-state index in [2.05, 4.69) is 57.3 Å². The molecule has 0 unspecified atom stereocenters. The highest BCUT2D eigenvalue weighted by Crippen LogP contribution is 2.12. The van der Waals surface area contributed by atoms with Gasteiger partial charge >= 0.3 is 0 Å². The zero-order chi connectivity index (χ0) is 11.3. The Morgan fingerprint density at radius 2 is 1.67 bits per heavy atom. The molecule has 15 heavy (non-hydrogen) atoms. The van der Waals surface area contributed by atoms with Gasteiger partial charge in [-0.3, -0.25) is 0 Å². The Morgan fingerprint density at radius 3 is 2.20 bits per heavy atom. The molecule has 1 rings (SSSR count). The largest absolute Gasteiger partial charge is 0.308 e. The standard InChI is InChI=1S/C14H23N/c1-5-12-9-7-8-10-13(12)11-15-14(3,4)6-2/h7-10,15H,5-6,11H2,1-4H3. The summed E-state index contributed by atoms with van der Waals surface area (Å²) in [6.07, 6.45) is 2.27. The lowest BCUT2D eigenvalue weighted by Crippen LogP contribution is -2.38. The summed E-state index contributed by atoms with van der Waals surface area (Å²) in [5, 5.41) is 3.60. The van der Waals surface area contributed by atoms with Gasteiger partial charge in [0.15, 0.2) is 0 Å². The van der Waals surface area contributed by atoms with Crippen LogP contribution in [0.25, 0.3) is 0 Å². The molecule has 1 aromatic carbocycles. The molecule has 0 radical (unpaired) electrons. The smallest absolute Gasteiger partial charge is 0.0213 e. The van der Waals surface area contributed by atoms with Crippen molar-refractivity contribution in [1.82, 2.24) is 5.32 Å². The zero-order valence-electron chi connectivity index (χ0n) is 10.4. The van der Waals surface area contributed by atoms with E-state index in [9.17, 15) is 0 Å². The van der Waals surface area contributed by atoms with Crippen LogP contribution < -0.4 is 5.32 Å².